The lowest BCUT2D eigenvalue weighted by molar-refractivity contribution is 0.0603. The highest BCUT2D eigenvalue weighted by Crippen LogP contribution is 2.35. The summed E-state index contributed by atoms with van der Waals surface area (Å²) in [6.07, 6.45) is 0. The van der Waals surface area contributed by atoms with E-state index >= 15 is 0 Å². The normalized spacial score (nSPS) is 11.1. The number of hydrogen-bond acceptors (Lipinski definition) is 5. The number of nitrogens with zero attached hydrogens (tertiary/aromatic N) is 2. The number of benzene rings is 1. The lowest BCUT2D eigenvalue weighted by atomic mass is 10.1. The van der Waals surface area contributed by atoms with Crippen LogP contribution in [-0.2, 0) is 4.74 Å². The Morgan fingerprint density at radius 3 is 2.95 bits per heavy atom. The number of ether oxygens (including phenoxy) is 1. The largest absolute Gasteiger partial charge is 0.465 e. The van der Waals surface area contributed by atoms with Gasteiger partial charge in [0.05, 0.1) is 28.6 Å². The first-order valence-electron chi connectivity index (χ1n) is 5.56. The van der Waals surface area contributed by atoms with Gasteiger partial charge in [-0.2, -0.15) is 4.37 Å². The molecule has 2 heterocycles. The van der Waals surface area contributed by atoms with E-state index in [2.05, 4.69) is 9.36 Å². The summed E-state index contributed by atoms with van der Waals surface area (Å²) in [7, 11) is 1.35. The van der Waals surface area contributed by atoms with Crippen molar-refractivity contribution in [2.24, 2.45) is 0 Å². The van der Waals surface area contributed by atoms with E-state index in [9.17, 15) is 4.79 Å². The second-order valence-corrected chi connectivity index (χ2v) is 5.20. The number of fused-ring (bicyclic) bond motifs is 3. The second-order valence-electron chi connectivity index (χ2n) is 4.07. The summed E-state index contributed by atoms with van der Waals surface area (Å²) in [5.41, 5.74) is 1.85. The SMILES string of the molecule is COC(=O)c1cccc2c1nc(Cl)c1snc(C)c12. The average molecular weight is 293 g/mol. The molecule has 0 aliphatic heterocycles. The van der Waals surface area contributed by atoms with E-state index in [0.717, 1.165) is 21.2 Å². The fraction of sp³-hybridized carbons (Fsp3) is 0.154. The third-order valence-electron chi connectivity index (χ3n) is 2.97. The zero-order chi connectivity index (χ0) is 13.6. The van der Waals surface area contributed by atoms with Crippen molar-refractivity contribution in [2.75, 3.05) is 7.11 Å². The van der Waals surface area contributed by atoms with Gasteiger partial charge in [0, 0.05) is 10.8 Å². The number of carbonyl (C=O) groups excluding carboxylic acids is 1. The predicted molar refractivity (Wildman–Crippen MR) is 76.0 cm³/mol. The zero-order valence-corrected chi connectivity index (χ0v) is 11.8. The van der Waals surface area contributed by atoms with Crippen molar-refractivity contribution in [2.45, 2.75) is 6.92 Å². The molecule has 0 fully saturated rings. The number of esters is 1. The molecule has 96 valence electrons. The van der Waals surface area contributed by atoms with Crippen LogP contribution in [0.5, 0.6) is 0 Å². The molecule has 0 atom stereocenters. The van der Waals surface area contributed by atoms with E-state index in [0.29, 0.717) is 16.2 Å². The molecule has 0 saturated heterocycles. The number of pyridine rings is 1. The van der Waals surface area contributed by atoms with Crippen LogP contribution in [0.4, 0.5) is 0 Å². The highest BCUT2D eigenvalue weighted by atomic mass is 35.5. The van der Waals surface area contributed by atoms with Crippen LogP contribution in [-0.4, -0.2) is 22.4 Å². The third kappa shape index (κ3) is 1.77. The summed E-state index contributed by atoms with van der Waals surface area (Å²) in [6.45, 7) is 1.92. The number of hydrogen-bond donors (Lipinski definition) is 0. The first-order chi connectivity index (χ1) is 9.13. The Bertz CT molecular complexity index is 813. The number of methoxy groups -OCH3 is 1. The molecule has 4 nitrogen and oxygen atoms in total. The molecule has 3 aromatic rings. The van der Waals surface area contributed by atoms with Gasteiger partial charge in [-0.3, -0.25) is 0 Å². The summed E-state index contributed by atoms with van der Waals surface area (Å²) in [4.78, 5) is 16.1. The lowest BCUT2D eigenvalue weighted by Crippen LogP contribution is -2.03. The van der Waals surface area contributed by atoms with Gasteiger partial charge in [0.25, 0.3) is 0 Å². The van der Waals surface area contributed by atoms with E-state index in [1.807, 2.05) is 13.0 Å². The summed E-state index contributed by atoms with van der Waals surface area (Å²) >= 11 is 7.49. The van der Waals surface area contributed by atoms with Gasteiger partial charge in [-0.1, -0.05) is 23.7 Å². The standard InChI is InChI=1S/C13H9ClN2O2S/c1-6-9-7-4-3-5-8(13(17)18-2)10(7)15-12(14)11(9)19-16-6/h3-5H,1-2H3. The van der Waals surface area contributed by atoms with Crippen molar-refractivity contribution >= 4 is 50.1 Å². The van der Waals surface area contributed by atoms with Crippen LogP contribution in [0.1, 0.15) is 16.1 Å². The molecule has 1 aromatic carbocycles. The van der Waals surface area contributed by atoms with Crippen LogP contribution < -0.4 is 0 Å². The Labute approximate surface area is 118 Å². The average Bonchev–Trinajstić information content (AvgIpc) is 2.81. The minimum atomic E-state index is -0.422. The fourth-order valence-electron chi connectivity index (χ4n) is 2.12. The van der Waals surface area contributed by atoms with E-state index in [1.54, 1.807) is 12.1 Å². The minimum absolute atomic E-state index is 0.365. The molecule has 0 saturated carbocycles. The number of carbonyl (C=O) groups is 1. The number of aryl methyl sites for hydroxylation is 1. The topological polar surface area (TPSA) is 52.1 Å². The first kappa shape index (κ1) is 12.3. The van der Waals surface area contributed by atoms with Gasteiger partial charge in [0.15, 0.2) is 0 Å². The van der Waals surface area contributed by atoms with Crippen LogP contribution in [0, 0.1) is 6.92 Å². The van der Waals surface area contributed by atoms with Crippen LogP contribution >= 0.6 is 23.1 Å². The maximum absolute atomic E-state index is 11.8. The molecule has 3 rings (SSSR count). The van der Waals surface area contributed by atoms with Crippen molar-refractivity contribution in [3.05, 3.63) is 34.6 Å². The lowest BCUT2D eigenvalue weighted by Gasteiger charge is -2.06. The number of para-hydroxylation sites is 1. The molecular formula is C13H9ClN2O2S. The van der Waals surface area contributed by atoms with Gasteiger partial charge in [0.2, 0.25) is 0 Å². The molecule has 2 aromatic heterocycles. The molecule has 0 aliphatic carbocycles. The third-order valence-corrected chi connectivity index (χ3v) is 4.30. The molecule has 19 heavy (non-hydrogen) atoms. The van der Waals surface area contributed by atoms with E-state index in [-0.39, 0.29) is 0 Å². The molecular weight excluding hydrogens is 284 g/mol. The maximum Gasteiger partial charge on any atom is 0.340 e. The van der Waals surface area contributed by atoms with Crippen LogP contribution in [0.3, 0.4) is 0 Å². The number of rotatable bonds is 1. The summed E-state index contributed by atoms with van der Waals surface area (Å²) < 4.78 is 9.92. The molecule has 0 unspecified atom stereocenters. The van der Waals surface area contributed by atoms with Gasteiger partial charge in [-0.15, -0.1) is 0 Å². The van der Waals surface area contributed by atoms with Gasteiger partial charge < -0.3 is 4.74 Å². The van der Waals surface area contributed by atoms with Crippen molar-refractivity contribution < 1.29 is 9.53 Å². The Balaban J connectivity index is 2.52. The monoisotopic (exact) mass is 292 g/mol. The van der Waals surface area contributed by atoms with Crippen LogP contribution in [0.15, 0.2) is 18.2 Å². The van der Waals surface area contributed by atoms with Crippen LogP contribution in [0.25, 0.3) is 21.0 Å². The van der Waals surface area contributed by atoms with E-state index in [4.69, 9.17) is 16.3 Å². The molecule has 0 N–H and O–H groups in total. The number of aromatic nitrogens is 2. The molecule has 0 spiro atoms. The quantitative estimate of drug-likeness (QED) is 0.508. The molecule has 0 bridgehead atoms. The molecule has 0 aliphatic rings. The molecule has 6 heteroatoms. The maximum atomic E-state index is 11.8. The summed E-state index contributed by atoms with van der Waals surface area (Å²) in [5, 5.41) is 2.18. The predicted octanol–water partition coefficient (Wildman–Crippen LogP) is 3.59. The highest BCUT2D eigenvalue weighted by molar-refractivity contribution is 7.14. The van der Waals surface area contributed by atoms with Crippen LogP contribution in [0.2, 0.25) is 5.15 Å². The zero-order valence-electron chi connectivity index (χ0n) is 10.2. The van der Waals surface area contributed by atoms with Crippen molar-refractivity contribution in [1.82, 2.24) is 9.36 Å². The van der Waals surface area contributed by atoms with Crippen molar-refractivity contribution in [1.29, 1.82) is 0 Å². The molecule has 0 radical (unpaired) electrons. The fourth-order valence-corrected chi connectivity index (χ4v) is 3.19. The number of halogens is 1. The van der Waals surface area contributed by atoms with Gasteiger partial charge in [-0.25, -0.2) is 9.78 Å². The Kier molecular flexibility index (Phi) is 2.88. The Hall–Kier alpha value is -1.72. The van der Waals surface area contributed by atoms with E-state index in [1.165, 1.54) is 18.6 Å². The Morgan fingerprint density at radius 2 is 2.21 bits per heavy atom. The van der Waals surface area contributed by atoms with Crippen molar-refractivity contribution in [3.8, 4) is 0 Å². The summed E-state index contributed by atoms with van der Waals surface area (Å²) in [5.74, 6) is -0.422. The Morgan fingerprint density at radius 1 is 1.42 bits per heavy atom. The smallest absolute Gasteiger partial charge is 0.340 e. The highest BCUT2D eigenvalue weighted by Gasteiger charge is 2.17. The van der Waals surface area contributed by atoms with Gasteiger partial charge in [-0.05, 0) is 24.5 Å². The second kappa shape index (κ2) is 4.43. The van der Waals surface area contributed by atoms with Gasteiger partial charge >= 0.3 is 5.97 Å². The minimum Gasteiger partial charge on any atom is -0.465 e. The molecule has 0 amide bonds. The van der Waals surface area contributed by atoms with Crippen molar-refractivity contribution in [3.63, 3.8) is 0 Å². The van der Waals surface area contributed by atoms with Gasteiger partial charge in [0.1, 0.15) is 5.15 Å². The summed E-state index contributed by atoms with van der Waals surface area (Å²) in [6, 6.07) is 5.40. The van der Waals surface area contributed by atoms with E-state index < -0.39 is 5.97 Å². The first-order valence-corrected chi connectivity index (χ1v) is 6.71.